The third-order valence-corrected chi connectivity index (χ3v) is 2.34. The summed E-state index contributed by atoms with van der Waals surface area (Å²) < 4.78 is 2.08. The minimum absolute atomic E-state index is 0.551. The Morgan fingerprint density at radius 3 is 2.53 bits per heavy atom. The van der Waals surface area contributed by atoms with Crippen molar-refractivity contribution in [2.75, 3.05) is 0 Å². The molecule has 0 aliphatic heterocycles. The van der Waals surface area contributed by atoms with Gasteiger partial charge in [-0.3, -0.25) is 0 Å². The summed E-state index contributed by atoms with van der Waals surface area (Å²) in [6, 6.07) is 12.1. The van der Waals surface area contributed by atoms with Crippen molar-refractivity contribution >= 4 is 0 Å². The van der Waals surface area contributed by atoms with Crippen LogP contribution in [0.3, 0.4) is 0 Å². The van der Waals surface area contributed by atoms with Gasteiger partial charge in [0.25, 0.3) is 0 Å². The molecule has 1 aromatic carbocycles. The zero-order valence-electron chi connectivity index (χ0n) is 8.77. The van der Waals surface area contributed by atoms with Crippen molar-refractivity contribution in [3.05, 3.63) is 65.3 Å². The molecule has 76 valence electrons. The zero-order chi connectivity index (χ0) is 10.7. The molecule has 0 bridgehead atoms. The van der Waals surface area contributed by atoms with Gasteiger partial charge < -0.3 is 9.98 Å². The zero-order valence-corrected chi connectivity index (χ0v) is 8.77. The van der Waals surface area contributed by atoms with Crippen molar-refractivity contribution in [2.45, 2.75) is 13.5 Å². The molecule has 0 fully saturated rings. The number of pyridine rings is 1. The number of hydrogen-bond donors (Lipinski definition) is 1. The minimum Gasteiger partial charge on any atom is -0.350 e. The largest absolute Gasteiger partial charge is 0.350 e. The molecule has 0 aliphatic carbocycles. The quantitative estimate of drug-likeness (QED) is 0.767. The monoisotopic (exact) mass is 198 g/mol. The number of nitrogens with zero attached hydrogens (tertiary/aromatic N) is 1. The van der Waals surface area contributed by atoms with E-state index in [1.165, 1.54) is 11.1 Å². The van der Waals surface area contributed by atoms with E-state index in [1.807, 2.05) is 12.4 Å². The van der Waals surface area contributed by atoms with E-state index in [-0.39, 0.29) is 0 Å². The van der Waals surface area contributed by atoms with Crippen molar-refractivity contribution < 1.29 is 0 Å². The van der Waals surface area contributed by atoms with Crippen LogP contribution in [0.2, 0.25) is 0 Å². The third-order valence-electron chi connectivity index (χ3n) is 2.34. The first-order valence-corrected chi connectivity index (χ1v) is 5.00. The van der Waals surface area contributed by atoms with Crippen LogP contribution in [-0.2, 0) is 6.54 Å². The van der Waals surface area contributed by atoms with Crippen molar-refractivity contribution in [3.63, 3.8) is 0 Å². The van der Waals surface area contributed by atoms with Gasteiger partial charge in [0.15, 0.2) is 0 Å². The Labute approximate surface area is 89.3 Å². The van der Waals surface area contributed by atoms with Crippen LogP contribution < -0.4 is 5.36 Å². The highest BCUT2D eigenvalue weighted by atomic mass is 14.9. The molecule has 0 amide bonds. The Hall–Kier alpha value is -1.83. The van der Waals surface area contributed by atoms with E-state index in [9.17, 15) is 0 Å². The lowest BCUT2D eigenvalue weighted by Gasteiger charge is -2.06. The molecule has 0 saturated carbocycles. The summed E-state index contributed by atoms with van der Waals surface area (Å²) in [5.41, 5.74) is 2.57. The fourth-order valence-electron chi connectivity index (χ4n) is 1.58. The molecule has 0 spiro atoms. The first-order valence-electron chi connectivity index (χ1n) is 5.00. The number of nitrogens with one attached hydrogen (secondary N) is 1. The number of benzene rings is 1. The maximum atomic E-state index is 7.39. The molecular formula is C13H14N2. The van der Waals surface area contributed by atoms with Gasteiger partial charge in [-0.05, 0) is 24.6 Å². The summed E-state index contributed by atoms with van der Waals surface area (Å²) in [6.45, 7) is 2.96. The average molecular weight is 198 g/mol. The van der Waals surface area contributed by atoms with Crippen LogP contribution in [-0.4, -0.2) is 4.57 Å². The van der Waals surface area contributed by atoms with Crippen molar-refractivity contribution in [1.29, 1.82) is 5.41 Å². The summed E-state index contributed by atoms with van der Waals surface area (Å²) in [4.78, 5) is 0. The van der Waals surface area contributed by atoms with Gasteiger partial charge in [-0.1, -0.05) is 29.8 Å². The van der Waals surface area contributed by atoms with Crippen LogP contribution in [0.4, 0.5) is 0 Å². The van der Waals surface area contributed by atoms with Gasteiger partial charge in [-0.25, -0.2) is 0 Å². The number of hydrogen-bond acceptors (Lipinski definition) is 1. The van der Waals surface area contributed by atoms with Crippen LogP contribution in [0.5, 0.6) is 0 Å². The van der Waals surface area contributed by atoms with Crippen LogP contribution >= 0.6 is 0 Å². The SMILES string of the molecule is Cc1cccc(Cn2ccc(=N)cc2)c1. The van der Waals surface area contributed by atoms with Gasteiger partial charge in [-0.15, -0.1) is 0 Å². The number of rotatable bonds is 2. The molecule has 2 aromatic rings. The predicted molar refractivity (Wildman–Crippen MR) is 60.6 cm³/mol. The van der Waals surface area contributed by atoms with Gasteiger partial charge in [0.05, 0.1) is 5.36 Å². The minimum atomic E-state index is 0.551. The van der Waals surface area contributed by atoms with Crippen LogP contribution in [0, 0.1) is 12.3 Å². The Bertz CT molecular complexity index is 491. The van der Waals surface area contributed by atoms with Gasteiger partial charge in [0, 0.05) is 18.9 Å². The molecule has 1 heterocycles. The van der Waals surface area contributed by atoms with Crippen LogP contribution in [0.25, 0.3) is 0 Å². The number of aryl methyl sites for hydroxylation is 1. The standard InChI is InChI=1S/C13H14N2/c1-11-3-2-4-12(9-11)10-15-7-5-13(14)6-8-15/h2-9,14H,10H2,1H3. The van der Waals surface area contributed by atoms with E-state index in [1.54, 1.807) is 12.1 Å². The Balaban J connectivity index is 2.22. The highest BCUT2D eigenvalue weighted by Crippen LogP contribution is 2.05. The van der Waals surface area contributed by atoms with E-state index in [0.29, 0.717) is 5.36 Å². The molecule has 15 heavy (non-hydrogen) atoms. The van der Waals surface area contributed by atoms with E-state index in [2.05, 4.69) is 35.8 Å². The average Bonchev–Trinajstić information content (AvgIpc) is 2.22. The highest BCUT2D eigenvalue weighted by molar-refractivity contribution is 5.22. The molecular weight excluding hydrogens is 184 g/mol. The van der Waals surface area contributed by atoms with Gasteiger partial charge >= 0.3 is 0 Å². The maximum Gasteiger partial charge on any atom is 0.0568 e. The van der Waals surface area contributed by atoms with E-state index in [0.717, 1.165) is 6.54 Å². The second-order valence-corrected chi connectivity index (χ2v) is 3.75. The summed E-state index contributed by atoms with van der Waals surface area (Å²) in [5.74, 6) is 0. The lowest BCUT2D eigenvalue weighted by molar-refractivity contribution is 0.786. The van der Waals surface area contributed by atoms with Crippen LogP contribution in [0.1, 0.15) is 11.1 Å². The lowest BCUT2D eigenvalue weighted by atomic mass is 10.1. The molecule has 0 aliphatic rings. The smallest absolute Gasteiger partial charge is 0.0568 e. The molecule has 0 radical (unpaired) electrons. The fourth-order valence-corrected chi connectivity index (χ4v) is 1.58. The normalized spacial score (nSPS) is 10.2. The second kappa shape index (κ2) is 4.13. The second-order valence-electron chi connectivity index (χ2n) is 3.75. The first-order chi connectivity index (χ1) is 7.24. The molecule has 0 atom stereocenters. The topological polar surface area (TPSA) is 28.8 Å². The third kappa shape index (κ3) is 2.56. The predicted octanol–water partition coefficient (Wildman–Crippen LogP) is 2.32. The molecule has 1 N–H and O–H groups in total. The summed E-state index contributed by atoms with van der Waals surface area (Å²) in [6.07, 6.45) is 3.87. The first kappa shape index (κ1) is 9.71. The van der Waals surface area contributed by atoms with Crippen molar-refractivity contribution in [3.8, 4) is 0 Å². The molecule has 0 unspecified atom stereocenters. The van der Waals surface area contributed by atoms with E-state index < -0.39 is 0 Å². The molecule has 1 aromatic heterocycles. The maximum absolute atomic E-state index is 7.39. The van der Waals surface area contributed by atoms with E-state index >= 15 is 0 Å². The molecule has 2 heteroatoms. The number of aromatic nitrogens is 1. The van der Waals surface area contributed by atoms with Gasteiger partial charge in [0.2, 0.25) is 0 Å². The van der Waals surface area contributed by atoms with Gasteiger partial charge in [0.1, 0.15) is 0 Å². The molecule has 2 rings (SSSR count). The Kier molecular flexibility index (Phi) is 2.68. The van der Waals surface area contributed by atoms with Crippen LogP contribution in [0.15, 0.2) is 48.8 Å². The Morgan fingerprint density at radius 2 is 1.87 bits per heavy atom. The summed E-state index contributed by atoms with van der Waals surface area (Å²) in [7, 11) is 0. The Morgan fingerprint density at radius 1 is 1.13 bits per heavy atom. The molecule has 2 nitrogen and oxygen atoms in total. The van der Waals surface area contributed by atoms with Crippen molar-refractivity contribution in [1.82, 2.24) is 4.57 Å². The van der Waals surface area contributed by atoms with Gasteiger partial charge in [-0.2, -0.15) is 0 Å². The summed E-state index contributed by atoms with van der Waals surface area (Å²) >= 11 is 0. The molecule has 0 saturated heterocycles. The summed E-state index contributed by atoms with van der Waals surface area (Å²) in [5, 5.41) is 7.94. The lowest BCUT2D eigenvalue weighted by Crippen LogP contribution is -2.04. The highest BCUT2D eigenvalue weighted by Gasteiger charge is 1.93. The van der Waals surface area contributed by atoms with Crippen molar-refractivity contribution in [2.24, 2.45) is 0 Å². The van der Waals surface area contributed by atoms with E-state index in [4.69, 9.17) is 5.41 Å². The fraction of sp³-hybridized carbons (Fsp3) is 0.154.